The van der Waals surface area contributed by atoms with Gasteiger partial charge in [0.05, 0.1) is 29.2 Å². The maximum Gasteiger partial charge on any atom is 0.418 e. The predicted octanol–water partition coefficient (Wildman–Crippen LogP) is 4.93. The highest BCUT2D eigenvalue weighted by molar-refractivity contribution is 7.99. The lowest BCUT2D eigenvalue weighted by Crippen LogP contribution is -2.28. The molecule has 0 saturated carbocycles. The summed E-state index contributed by atoms with van der Waals surface area (Å²) < 4.78 is 42.6. The number of anilines is 1. The van der Waals surface area contributed by atoms with Crippen molar-refractivity contribution in [3.8, 4) is 5.69 Å². The van der Waals surface area contributed by atoms with Crippen LogP contribution in [-0.4, -0.2) is 31.0 Å². The second kappa shape index (κ2) is 8.48. The Labute approximate surface area is 199 Å². The van der Waals surface area contributed by atoms with Gasteiger partial charge in [-0.15, -0.1) is 0 Å². The molecule has 7 nitrogen and oxygen atoms in total. The van der Waals surface area contributed by atoms with Gasteiger partial charge in [-0.3, -0.25) is 14.2 Å². The number of amides is 1. The average Bonchev–Trinajstić information content (AvgIpc) is 3.38. The Hall–Kier alpha value is -3.31. The molecule has 12 heteroatoms. The Balaban J connectivity index is 1.43. The average molecular weight is 506 g/mol. The number of halogens is 4. The summed E-state index contributed by atoms with van der Waals surface area (Å²) in [4.78, 5) is 30.4. The van der Waals surface area contributed by atoms with Gasteiger partial charge in [0.1, 0.15) is 5.39 Å². The molecule has 3 heterocycles. The van der Waals surface area contributed by atoms with Crippen molar-refractivity contribution in [1.82, 2.24) is 19.3 Å². The molecule has 0 fully saturated rings. The van der Waals surface area contributed by atoms with Crippen molar-refractivity contribution in [2.24, 2.45) is 0 Å². The van der Waals surface area contributed by atoms with E-state index < -0.39 is 23.7 Å². The molecule has 1 atom stereocenters. The lowest BCUT2D eigenvalue weighted by atomic mass is 10.1. The molecular weight excluding hydrogens is 491 g/mol. The topological polar surface area (TPSA) is 81.8 Å². The van der Waals surface area contributed by atoms with Crippen molar-refractivity contribution in [2.45, 2.75) is 23.8 Å². The minimum atomic E-state index is -4.60. The minimum absolute atomic E-state index is 0.179. The van der Waals surface area contributed by atoms with Crippen molar-refractivity contribution < 1.29 is 18.0 Å². The van der Waals surface area contributed by atoms with Gasteiger partial charge >= 0.3 is 6.18 Å². The van der Waals surface area contributed by atoms with E-state index in [-0.39, 0.29) is 23.1 Å². The van der Waals surface area contributed by atoms with E-state index in [0.29, 0.717) is 27.3 Å². The predicted molar refractivity (Wildman–Crippen MR) is 123 cm³/mol. The first-order valence-corrected chi connectivity index (χ1v) is 11.4. The molecule has 2 aromatic heterocycles. The highest BCUT2D eigenvalue weighted by Gasteiger charge is 2.34. The number of alkyl halides is 3. The summed E-state index contributed by atoms with van der Waals surface area (Å²) in [5.74, 6) is -0.245. The van der Waals surface area contributed by atoms with Gasteiger partial charge < -0.3 is 5.32 Å². The second-order valence-corrected chi connectivity index (χ2v) is 9.03. The van der Waals surface area contributed by atoms with Gasteiger partial charge in [-0.1, -0.05) is 41.6 Å². The summed E-state index contributed by atoms with van der Waals surface area (Å²) in [7, 11) is 0. The van der Waals surface area contributed by atoms with Gasteiger partial charge in [-0.05, 0) is 30.3 Å². The van der Waals surface area contributed by atoms with E-state index in [9.17, 15) is 22.8 Å². The molecule has 1 unspecified atom stereocenters. The van der Waals surface area contributed by atoms with Crippen LogP contribution in [0.1, 0.15) is 18.0 Å². The minimum Gasteiger partial charge on any atom is -0.325 e. The van der Waals surface area contributed by atoms with Crippen LogP contribution >= 0.6 is 23.4 Å². The maximum atomic E-state index is 13.2. The van der Waals surface area contributed by atoms with E-state index in [0.717, 1.165) is 6.07 Å². The van der Waals surface area contributed by atoms with Crippen LogP contribution in [0, 0.1) is 0 Å². The number of carbonyl (C=O) groups is 1. The number of carbonyl (C=O) groups excluding carboxylic acids is 1. The summed E-state index contributed by atoms with van der Waals surface area (Å²) >= 11 is 7.36. The zero-order valence-corrected chi connectivity index (χ0v) is 18.8. The molecule has 1 aliphatic heterocycles. The number of fused-ring (bicyclic) bond motifs is 2. The van der Waals surface area contributed by atoms with Crippen molar-refractivity contribution in [2.75, 3.05) is 11.1 Å². The molecule has 1 amide bonds. The normalized spacial score (nSPS) is 15.5. The Morgan fingerprint density at radius 2 is 2.00 bits per heavy atom. The molecule has 0 radical (unpaired) electrons. The van der Waals surface area contributed by atoms with E-state index in [4.69, 9.17) is 11.6 Å². The largest absolute Gasteiger partial charge is 0.418 e. The molecule has 0 aliphatic carbocycles. The van der Waals surface area contributed by atoms with Gasteiger partial charge in [0, 0.05) is 17.2 Å². The first-order valence-electron chi connectivity index (χ1n) is 10.1. The summed E-state index contributed by atoms with van der Waals surface area (Å²) in [6.07, 6.45) is -3.38. The van der Waals surface area contributed by atoms with E-state index in [1.807, 2.05) is 0 Å². The Morgan fingerprint density at radius 1 is 1.21 bits per heavy atom. The fourth-order valence-electron chi connectivity index (χ4n) is 3.83. The van der Waals surface area contributed by atoms with Crippen LogP contribution in [0.4, 0.5) is 18.9 Å². The summed E-state index contributed by atoms with van der Waals surface area (Å²) in [6.45, 7) is 0. The highest BCUT2D eigenvalue weighted by atomic mass is 35.5. The lowest BCUT2D eigenvalue weighted by Gasteiger charge is -2.16. The zero-order valence-electron chi connectivity index (χ0n) is 17.2. The van der Waals surface area contributed by atoms with Crippen molar-refractivity contribution in [3.63, 3.8) is 0 Å². The van der Waals surface area contributed by atoms with Crippen LogP contribution in [0.5, 0.6) is 0 Å². The Bertz CT molecular complexity index is 1480. The maximum absolute atomic E-state index is 13.2. The molecule has 4 aromatic rings. The SMILES string of the molecule is O=C(CC1CSc2nc3c(cnn3-c3cccc(Cl)c3)c(=O)n21)Nc1ccccc1C(F)(F)F. The molecule has 1 aliphatic rings. The Morgan fingerprint density at radius 3 is 2.76 bits per heavy atom. The third kappa shape index (κ3) is 4.05. The number of nitrogens with zero attached hydrogens (tertiary/aromatic N) is 4. The van der Waals surface area contributed by atoms with Crippen LogP contribution in [0.15, 0.2) is 64.7 Å². The van der Waals surface area contributed by atoms with Crippen LogP contribution in [0.2, 0.25) is 5.02 Å². The monoisotopic (exact) mass is 505 g/mol. The number of nitrogens with one attached hydrogen (secondary N) is 1. The van der Waals surface area contributed by atoms with Gasteiger partial charge in [0.15, 0.2) is 10.8 Å². The first kappa shape index (κ1) is 22.5. The molecule has 2 aromatic carbocycles. The third-order valence-electron chi connectivity index (χ3n) is 5.35. The van der Waals surface area contributed by atoms with Crippen LogP contribution in [-0.2, 0) is 11.0 Å². The quantitative estimate of drug-likeness (QED) is 0.398. The van der Waals surface area contributed by atoms with E-state index in [2.05, 4.69) is 15.4 Å². The number of benzene rings is 2. The van der Waals surface area contributed by atoms with Gasteiger partial charge in [0.2, 0.25) is 5.91 Å². The standard InChI is InChI=1S/C22H15ClF3N5O2S/c23-12-4-3-5-13(8-12)31-19-15(10-27-31)20(33)30-14(11-34-21(30)29-19)9-18(32)28-17-7-2-1-6-16(17)22(24,25)26/h1-8,10,14H,9,11H2,(H,28,32). The third-order valence-corrected chi connectivity index (χ3v) is 6.68. The van der Waals surface area contributed by atoms with Crippen molar-refractivity contribution >= 4 is 46.0 Å². The fraction of sp³-hybridized carbons (Fsp3) is 0.182. The van der Waals surface area contributed by atoms with Crippen molar-refractivity contribution in [3.05, 3.63) is 75.7 Å². The molecule has 34 heavy (non-hydrogen) atoms. The van der Waals surface area contributed by atoms with Crippen LogP contribution < -0.4 is 10.9 Å². The van der Waals surface area contributed by atoms with Gasteiger partial charge in [-0.2, -0.15) is 18.3 Å². The fourth-order valence-corrected chi connectivity index (χ4v) is 5.15. The molecular formula is C22H15ClF3N5O2S. The number of hydrogen-bond acceptors (Lipinski definition) is 5. The number of para-hydroxylation sites is 1. The lowest BCUT2D eigenvalue weighted by molar-refractivity contribution is -0.137. The first-order chi connectivity index (χ1) is 16.2. The summed E-state index contributed by atoms with van der Waals surface area (Å²) in [6, 6.07) is 11.1. The van der Waals surface area contributed by atoms with Crippen molar-refractivity contribution in [1.29, 1.82) is 0 Å². The molecule has 0 spiro atoms. The Kier molecular flexibility index (Phi) is 5.61. The van der Waals surface area contributed by atoms with Crippen LogP contribution in [0.25, 0.3) is 16.7 Å². The van der Waals surface area contributed by atoms with Crippen LogP contribution in [0.3, 0.4) is 0 Å². The number of thioether (sulfide) groups is 1. The van der Waals surface area contributed by atoms with Gasteiger partial charge in [0.25, 0.3) is 5.56 Å². The summed E-state index contributed by atoms with van der Waals surface area (Å²) in [5.41, 5.74) is -0.628. The molecule has 174 valence electrons. The molecule has 0 saturated heterocycles. The molecule has 5 rings (SSSR count). The van der Waals surface area contributed by atoms with Gasteiger partial charge in [-0.25, -0.2) is 9.67 Å². The second-order valence-electron chi connectivity index (χ2n) is 7.60. The number of hydrogen-bond donors (Lipinski definition) is 1. The number of aromatic nitrogens is 4. The van der Waals surface area contributed by atoms with E-state index in [1.54, 1.807) is 24.3 Å². The number of rotatable bonds is 4. The van der Waals surface area contributed by atoms with E-state index in [1.165, 1.54) is 45.4 Å². The molecule has 1 N–H and O–H groups in total. The smallest absolute Gasteiger partial charge is 0.325 e. The molecule has 0 bridgehead atoms. The van der Waals surface area contributed by atoms with E-state index >= 15 is 0 Å². The highest BCUT2D eigenvalue weighted by Crippen LogP contribution is 2.36. The summed E-state index contributed by atoms with van der Waals surface area (Å²) in [5, 5.41) is 7.78. The zero-order chi connectivity index (χ0) is 24.0.